The lowest BCUT2D eigenvalue weighted by molar-refractivity contribution is 0.672. The van der Waals surface area contributed by atoms with Gasteiger partial charge in [-0.2, -0.15) is 0 Å². The highest BCUT2D eigenvalue weighted by Gasteiger charge is 2.26. The second kappa shape index (κ2) is 10.8. The van der Waals surface area contributed by atoms with Crippen molar-refractivity contribution >= 4 is 172 Å². The van der Waals surface area contributed by atoms with Crippen LogP contribution in [0.1, 0.15) is 0 Å². The third-order valence-electron chi connectivity index (χ3n) is 12.1. The fourth-order valence-electron chi connectivity index (χ4n) is 8.79. The molecule has 222 valence electrons. The van der Waals surface area contributed by atoms with Crippen LogP contribution in [0.5, 0.6) is 0 Å². The summed E-state index contributed by atoms with van der Waals surface area (Å²) in [5.41, 5.74) is 18.0. The molecule has 9 aromatic rings. The van der Waals surface area contributed by atoms with E-state index in [0.717, 1.165) is 27.3 Å². The lowest BCUT2D eigenvalue weighted by atomic mass is 9.59. The normalized spacial score (nSPS) is 11.9. The van der Waals surface area contributed by atoms with Crippen LogP contribution in [-0.4, -0.2) is 62.8 Å². The Kier molecular flexibility index (Phi) is 6.66. The lowest BCUT2D eigenvalue weighted by Gasteiger charge is -2.28. The van der Waals surface area contributed by atoms with Crippen LogP contribution in [-0.2, 0) is 0 Å². The fraction of sp³-hybridized carbons (Fsp3) is 0. The summed E-state index contributed by atoms with van der Waals surface area (Å²) in [4.78, 5) is 0. The molecule has 0 amide bonds. The first-order valence-electron chi connectivity index (χ1n) is 17.5. The van der Waals surface area contributed by atoms with Gasteiger partial charge in [-0.05, 0) is 78.2 Å². The average Bonchev–Trinajstić information content (AvgIpc) is 3.51. The average molecular weight is 615 g/mol. The minimum Gasteiger partial charge on any atom is -0.455 e. The molecule has 1 nitrogen and oxygen atoms in total. The number of hydrogen-bond donors (Lipinski definition) is 0. The quantitative estimate of drug-likeness (QED) is 0.156. The van der Waals surface area contributed by atoms with Crippen molar-refractivity contribution in [2.45, 2.75) is 0 Å². The van der Waals surface area contributed by atoms with Gasteiger partial charge in [0.2, 0.25) is 0 Å². The zero-order valence-corrected chi connectivity index (χ0v) is 29.6. The SMILES string of the molecule is Bc1c(B)c(B)c2c(-c3cccc4ccccc34)c3c(B)c(B)c(B)c(B)c3c(-c3ccc4oc5c6ccccc6ccc5c4c3)c2c1B. The number of hydrogen-bond acceptors (Lipinski definition) is 1. The Bertz CT molecular complexity index is 2840. The Hall–Kier alpha value is -4.88. The number of furan rings is 1. The summed E-state index contributed by atoms with van der Waals surface area (Å²) in [6.45, 7) is 0. The molecule has 0 saturated heterocycles. The third kappa shape index (κ3) is 4.11. The summed E-state index contributed by atoms with van der Waals surface area (Å²) in [6, 6.07) is 35.6. The maximum atomic E-state index is 6.60. The number of fused-ring (bicyclic) bond motifs is 8. The van der Waals surface area contributed by atoms with Crippen molar-refractivity contribution in [3.8, 4) is 22.3 Å². The van der Waals surface area contributed by atoms with E-state index in [1.807, 2.05) is 0 Å². The van der Waals surface area contributed by atoms with Gasteiger partial charge < -0.3 is 4.42 Å². The van der Waals surface area contributed by atoms with Crippen molar-refractivity contribution in [2.24, 2.45) is 0 Å². The zero-order valence-electron chi connectivity index (χ0n) is 29.6. The molecule has 9 rings (SSSR count). The highest BCUT2D eigenvalue weighted by Crippen LogP contribution is 2.44. The molecule has 0 spiro atoms. The van der Waals surface area contributed by atoms with E-state index in [1.165, 1.54) is 104 Å². The molecule has 0 aliphatic rings. The van der Waals surface area contributed by atoms with E-state index in [-0.39, 0.29) is 0 Å². The Balaban J connectivity index is 1.54. The van der Waals surface area contributed by atoms with Crippen molar-refractivity contribution in [1.29, 1.82) is 0 Å². The van der Waals surface area contributed by atoms with E-state index < -0.39 is 0 Å². The lowest BCUT2D eigenvalue weighted by Crippen LogP contribution is -2.50. The second-order valence-corrected chi connectivity index (χ2v) is 14.3. The summed E-state index contributed by atoms with van der Waals surface area (Å²) in [5, 5.41) is 12.7. The van der Waals surface area contributed by atoms with Gasteiger partial charge in [0.1, 0.15) is 73.9 Å². The number of benzene rings is 8. The molecule has 0 aliphatic carbocycles. The second-order valence-electron chi connectivity index (χ2n) is 14.3. The van der Waals surface area contributed by atoms with Gasteiger partial charge in [-0.25, -0.2) is 0 Å². The summed E-state index contributed by atoms with van der Waals surface area (Å²) < 4.78 is 6.60. The van der Waals surface area contributed by atoms with Crippen molar-refractivity contribution < 1.29 is 4.42 Å². The molecule has 0 atom stereocenters. The van der Waals surface area contributed by atoms with E-state index in [1.54, 1.807) is 0 Å². The van der Waals surface area contributed by atoms with Crippen molar-refractivity contribution in [2.75, 3.05) is 0 Å². The molecule has 0 N–H and O–H groups in total. The molecular formula is C40H32B8O. The Labute approximate surface area is 294 Å². The van der Waals surface area contributed by atoms with Crippen LogP contribution < -0.4 is 43.7 Å². The van der Waals surface area contributed by atoms with Gasteiger partial charge in [-0.15, -0.1) is 21.9 Å². The first-order valence-corrected chi connectivity index (χ1v) is 17.5. The summed E-state index contributed by atoms with van der Waals surface area (Å²) in [6.07, 6.45) is 0. The largest absolute Gasteiger partial charge is 0.455 e. The van der Waals surface area contributed by atoms with Gasteiger partial charge in [-0.3, -0.25) is 0 Å². The molecule has 1 heterocycles. The zero-order chi connectivity index (χ0) is 33.9. The van der Waals surface area contributed by atoms with Crippen LogP contribution in [0.25, 0.3) is 87.3 Å². The van der Waals surface area contributed by atoms with Crippen LogP contribution in [0.3, 0.4) is 0 Å². The topological polar surface area (TPSA) is 13.1 Å². The van der Waals surface area contributed by atoms with Crippen molar-refractivity contribution in [3.63, 3.8) is 0 Å². The predicted molar refractivity (Wildman–Crippen MR) is 240 cm³/mol. The molecule has 0 bridgehead atoms. The molecule has 8 aromatic carbocycles. The highest BCUT2D eigenvalue weighted by atomic mass is 16.3. The maximum Gasteiger partial charge on any atom is 0.143 e. The maximum absolute atomic E-state index is 6.60. The monoisotopic (exact) mass is 616 g/mol. The van der Waals surface area contributed by atoms with E-state index in [4.69, 9.17) is 4.42 Å². The molecule has 0 unspecified atom stereocenters. The Morgan fingerprint density at radius 2 is 0.878 bits per heavy atom. The van der Waals surface area contributed by atoms with Gasteiger partial charge >= 0.3 is 0 Å². The third-order valence-corrected chi connectivity index (χ3v) is 12.1. The van der Waals surface area contributed by atoms with Crippen LogP contribution >= 0.6 is 0 Å². The van der Waals surface area contributed by atoms with E-state index >= 15 is 0 Å². The fourth-order valence-corrected chi connectivity index (χ4v) is 8.79. The molecule has 0 aliphatic heterocycles. The molecule has 0 fully saturated rings. The summed E-state index contributed by atoms with van der Waals surface area (Å²) in [7, 11) is 18.6. The van der Waals surface area contributed by atoms with E-state index in [9.17, 15) is 0 Å². The molecule has 1 aromatic heterocycles. The standard InChI is InChI=1S/C40H32B8O/c41-32-28-26(19-13-15-25-24(16-19)23-14-12-18-7-2-4-10-21(18)40(23)49-25)29-31(35(44)39(48)37(46)33(29)42)27(30(28)34(43)38(47)36(32)45)22-11-5-8-17-6-1-3-9-20(17)22/h1-16H,41-48H2. The molecule has 0 saturated carbocycles. The molecular weight excluding hydrogens is 583 g/mol. The summed E-state index contributed by atoms with van der Waals surface area (Å²) in [5.74, 6) is 0. The van der Waals surface area contributed by atoms with Crippen LogP contribution in [0, 0.1) is 0 Å². The number of rotatable bonds is 2. The Morgan fingerprint density at radius 3 is 1.49 bits per heavy atom. The molecule has 49 heavy (non-hydrogen) atoms. The molecule has 0 radical (unpaired) electrons. The van der Waals surface area contributed by atoms with E-state index in [2.05, 4.69) is 160 Å². The summed E-state index contributed by atoms with van der Waals surface area (Å²) >= 11 is 0. The van der Waals surface area contributed by atoms with Crippen LogP contribution in [0.2, 0.25) is 0 Å². The highest BCUT2D eigenvalue weighted by molar-refractivity contribution is 6.71. The Morgan fingerprint density at radius 1 is 0.367 bits per heavy atom. The molecule has 9 heteroatoms. The van der Waals surface area contributed by atoms with Crippen molar-refractivity contribution in [3.05, 3.63) is 97.1 Å². The van der Waals surface area contributed by atoms with Gasteiger partial charge in [0.15, 0.2) is 0 Å². The first-order chi connectivity index (χ1) is 23.7. The van der Waals surface area contributed by atoms with E-state index in [0.29, 0.717) is 0 Å². The van der Waals surface area contributed by atoms with Crippen molar-refractivity contribution in [1.82, 2.24) is 0 Å². The van der Waals surface area contributed by atoms with Crippen LogP contribution in [0.4, 0.5) is 0 Å². The van der Waals surface area contributed by atoms with Gasteiger partial charge in [0.25, 0.3) is 0 Å². The van der Waals surface area contributed by atoms with Crippen LogP contribution in [0.15, 0.2) is 101 Å². The van der Waals surface area contributed by atoms with Gasteiger partial charge in [0.05, 0.1) is 0 Å². The van der Waals surface area contributed by atoms with Gasteiger partial charge in [0, 0.05) is 16.2 Å². The smallest absolute Gasteiger partial charge is 0.143 e. The predicted octanol–water partition coefficient (Wildman–Crippen LogP) is -2.40. The van der Waals surface area contributed by atoms with Gasteiger partial charge in [-0.1, -0.05) is 101 Å². The minimum atomic E-state index is 0.927. The minimum absolute atomic E-state index is 0.927. The first kappa shape index (κ1) is 30.2.